The third-order valence-corrected chi connectivity index (χ3v) is 4.48. The van der Waals surface area contributed by atoms with E-state index in [1.807, 2.05) is 30.3 Å². The minimum Gasteiger partial charge on any atom is -0.445 e. The highest BCUT2D eigenvalue weighted by Crippen LogP contribution is 2.30. The highest BCUT2D eigenvalue weighted by atomic mass is 16.6. The maximum absolute atomic E-state index is 12.6. The molecule has 1 aromatic carbocycles. The number of benzene rings is 1. The molecule has 0 saturated carbocycles. The molecule has 0 aliphatic carbocycles. The zero-order chi connectivity index (χ0) is 19.6. The average molecular weight is 378 g/mol. The van der Waals surface area contributed by atoms with Gasteiger partial charge in [-0.25, -0.2) is 9.59 Å². The van der Waals surface area contributed by atoms with Gasteiger partial charge in [0.15, 0.2) is 0 Å². The fraction of sp³-hybridized carbons (Fsp3) is 0.579. The molecule has 2 fully saturated rings. The van der Waals surface area contributed by atoms with Gasteiger partial charge in [0.1, 0.15) is 24.4 Å². The van der Waals surface area contributed by atoms with Crippen molar-refractivity contribution in [3.8, 4) is 0 Å². The molecule has 2 N–H and O–H groups in total. The van der Waals surface area contributed by atoms with Crippen LogP contribution in [-0.2, 0) is 20.8 Å². The van der Waals surface area contributed by atoms with E-state index in [1.165, 1.54) is 4.90 Å². The molecule has 0 bridgehead atoms. The smallest absolute Gasteiger partial charge is 0.410 e. The second-order valence-corrected chi connectivity index (χ2v) is 7.80. The number of aliphatic hydroxyl groups excluding tert-OH is 1. The summed E-state index contributed by atoms with van der Waals surface area (Å²) in [6, 6.07) is 8.30. The Kier molecular flexibility index (Phi) is 5.57. The molecule has 148 valence electrons. The van der Waals surface area contributed by atoms with Crippen molar-refractivity contribution >= 4 is 12.2 Å². The second-order valence-electron chi connectivity index (χ2n) is 7.80. The molecule has 2 saturated heterocycles. The number of amides is 2. The lowest BCUT2D eigenvalue weighted by Gasteiger charge is -2.24. The summed E-state index contributed by atoms with van der Waals surface area (Å²) < 4.78 is 16.3. The summed E-state index contributed by atoms with van der Waals surface area (Å²) in [5.74, 6) is 0. The first kappa shape index (κ1) is 19.4. The first-order valence-electron chi connectivity index (χ1n) is 9.01. The van der Waals surface area contributed by atoms with Gasteiger partial charge in [0.25, 0.3) is 0 Å². The number of carbonyl (C=O) groups is 2. The summed E-state index contributed by atoms with van der Waals surface area (Å²) >= 11 is 0. The Labute approximate surface area is 158 Å². The Morgan fingerprint density at radius 1 is 1.30 bits per heavy atom. The summed E-state index contributed by atoms with van der Waals surface area (Å²) in [5.41, 5.74) is 0.236. The molecule has 8 heteroatoms. The van der Waals surface area contributed by atoms with E-state index >= 15 is 0 Å². The molecule has 0 spiro atoms. The summed E-state index contributed by atoms with van der Waals surface area (Å²) in [6.45, 7) is 5.73. The molecule has 0 unspecified atom stereocenters. The highest BCUT2D eigenvalue weighted by Gasteiger charge is 2.53. The Hall–Kier alpha value is -2.32. The van der Waals surface area contributed by atoms with Crippen molar-refractivity contribution in [2.75, 3.05) is 13.2 Å². The summed E-state index contributed by atoms with van der Waals surface area (Å²) in [6.07, 6.45) is -2.47. The van der Waals surface area contributed by atoms with E-state index in [0.717, 1.165) is 5.56 Å². The molecule has 2 aliphatic heterocycles. The Bertz CT molecular complexity index is 675. The third-order valence-electron chi connectivity index (χ3n) is 4.48. The molecule has 27 heavy (non-hydrogen) atoms. The number of alkyl carbamates (subject to hydrolysis) is 1. The number of ether oxygens (including phenoxy) is 3. The van der Waals surface area contributed by atoms with Crippen LogP contribution in [0.2, 0.25) is 0 Å². The first-order valence-corrected chi connectivity index (χ1v) is 9.01. The summed E-state index contributed by atoms with van der Waals surface area (Å²) in [5, 5.41) is 13.0. The third kappa shape index (κ3) is 4.70. The number of aliphatic hydroxyl groups is 1. The van der Waals surface area contributed by atoms with Gasteiger partial charge in [0.2, 0.25) is 0 Å². The minimum absolute atomic E-state index is 0.101. The Morgan fingerprint density at radius 2 is 2.00 bits per heavy atom. The van der Waals surface area contributed by atoms with E-state index in [-0.39, 0.29) is 19.8 Å². The molecule has 2 amide bonds. The monoisotopic (exact) mass is 378 g/mol. The zero-order valence-electron chi connectivity index (χ0n) is 15.8. The van der Waals surface area contributed by atoms with Gasteiger partial charge < -0.3 is 24.6 Å². The number of nitrogens with zero attached hydrogens (tertiary/aromatic N) is 1. The highest BCUT2D eigenvalue weighted by molar-refractivity contribution is 5.71. The lowest BCUT2D eigenvalue weighted by atomic mass is 10.1. The van der Waals surface area contributed by atoms with E-state index in [9.17, 15) is 14.7 Å². The van der Waals surface area contributed by atoms with E-state index in [1.54, 1.807) is 20.8 Å². The van der Waals surface area contributed by atoms with Gasteiger partial charge >= 0.3 is 12.2 Å². The van der Waals surface area contributed by atoms with Crippen LogP contribution < -0.4 is 5.32 Å². The molecule has 2 heterocycles. The molecule has 8 nitrogen and oxygen atoms in total. The van der Waals surface area contributed by atoms with Gasteiger partial charge in [-0.15, -0.1) is 0 Å². The van der Waals surface area contributed by atoms with E-state index in [4.69, 9.17) is 14.2 Å². The number of fused-ring (bicyclic) bond motifs is 1. The summed E-state index contributed by atoms with van der Waals surface area (Å²) in [4.78, 5) is 26.1. The molecule has 0 aromatic heterocycles. The van der Waals surface area contributed by atoms with Crippen LogP contribution in [0, 0.1) is 0 Å². The van der Waals surface area contributed by atoms with Gasteiger partial charge in [0.05, 0.1) is 18.7 Å². The maximum atomic E-state index is 12.6. The summed E-state index contributed by atoms with van der Waals surface area (Å²) in [7, 11) is 0. The van der Waals surface area contributed by atoms with Crippen molar-refractivity contribution in [3.63, 3.8) is 0 Å². The molecule has 0 radical (unpaired) electrons. The molecule has 2 aliphatic rings. The second kappa shape index (κ2) is 7.74. The fourth-order valence-electron chi connectivity index (χ4n) is 3.39. The van der Waals surface area contributed by atoms with Gasteiger partial charge in [0, 0.05) is 6.54 Å². The number of hydrogen-bond donors (Lipinski definition) is 2. The van der Waals surface area contributed by atoms with Crippen molar-refractivity contribution in [1.82, 2.24) is 10.2 Å². The predicted octanol–water partition coefficient (Wildman–Crippen LogP) is 1.66. The molecular weight excluding hydrogens is 352 g/mol. The van der Waals surface area contributed by atoms with Crippen molar-refractivity contribution in [2.45, 2.75) is 57.3 Å². The SMILES string of the molecule is CC(C)(C)OC(=O)N[C@H]1CN(C(=O)OCc2ccccc2)[C@H]2[C@@H]1OC[C@@H]2O. The predicted molar refractivity (Wildman–Crippen MR) is 96.0 cm³/mol. The van der Waals surface area contributed by atoms with Gasteiger partial charge in [-0.3, -0.25) is 4.90 Å². The normalized spacial score (nSPS) is 27.2. The number of carbonyl (C=O) groups excluding carboxylic acids is 2. The van der Waals surface area contributed by atoms with Crippen LogP contribution in [0.5, 0.6) is 0 Å². The van der Waals surface area contributed by atoms with Crippen LogP contribution in [0.1, 0.15) is 26.3 Å². The molecule has 3 rings (SSSR count). The van der Waals surface area contributed by atoms with E-state index < -0.39 is 42.1 Å². The van der Waals surface area contributed by atoms with Crippen LogP contribution >= 0.6 is 0 Å². The van der Waals surface area contributed by atoms with Crippen LogP contribution in [0.15, 0.2) is 30.3 Å². The number of rotatable bonds is 3. The van der Waals surface area contributed by atoms with Gasteiger partial charge in [-0.1, -0.05) is 30.3 Å². The van der Waals surface area contributed by atoms with Crippen LogP contribution in [0.4, 0.5) is 9.59 Å². The van der Waals surface area contributed by atoms with Crippen LogP contribution in [0.3, 0.4) is 0 Å². The van der Waals surface area contributed by atoms with Gasteiger partial charge in [-0.05, 0) is 26.3 Å². The van der Waals surface area contributed by atoms with Crippen molar-refractivity contribution in [1.29, 1.82) is 0 Å². The van der Waals surface area contributed by atoms with Crippen molar-refractivity contribution in [2.24, 2.45) is 0 Å². The lowest BCUT2D eigenvalue weighted by Crippen LogP contribution is -2.46. The van der Waals surface area contributed by atoms with E-state index in [2.05, 4.69) is 5.32 Å². The fourth-order valence-corrected chi connectivity index (χ4v) is 3.39. The van der Waals surface area contributed by atoms with E-state index in [0.29, 0.717) is 0 Å². The maximum Gasteiger partial charge on any atom is 0.410 e. The Balaban J connectivity index is 1.63. The molecular formula is C19H26N2O6. The molecule has 1 aromatic rings. The minimum atomic E-state index is -0.829. The zero-order valence-corrected chi connectivity index (χ0v) is 15.8. The number of nitrogens with one attached hydrogen (secondary N) is 1. The molecule has 4 atom stereocenters. The number of hydrogen-bond acceptors (Lipinski definition) is 6. The van der Waals surface area contributed by atoms with Crippen LogP contribution in [-0.4, -0.2) is 65.2 Å². The lowest BCUT2D eigenvalue weighted by molar-refractivity contribution is 0.0384. The Morgan fingerprint density at radius 3 is 2.67 bits per heavy atom. The van der Waals surface area contributed by atoms with Crippen molar-refractivity contribution in [3.05, 3.63) is 35.9 Å². The first-order chi connectivity index (χ1) is 12.7. The topological polar surface area (TPSA) is 97.3 Å². The number of likely N-dealkylation sites (tertiary alicyclic amines) is 1. The largest absolute Gasteiger partial charge is 0.445 e. The average Bonchev–Trinajstić information content (AvgIpc) is 3.14. The van der Waals surface area contributed by atoms with Crippen LogP contribution in [0.25, 0.3) is 0 Å². The van der Waals surface area contributed by atoms with Gasteiger partial charge in [-0.2, -0.15) is 0 Å². The van der Waals surface area contributed by atoms with Crippen molar-refractivity contribution < 1.29 is 28.9 Å². The quantitative estimate of drug-likeness (QED) is 0.830. The standard InChI is InChI=1S/C19H26N2O6/c1-19(2,3)27-17(23)20-13-9-21(15-14(22)11-25-16(13)15)18(24)26-10-12-7-5-4-6-8-12/h4-8,13-16,22H,9-11H2,1-3H3,(H,20,23)/t13-,14-,15+,16+/m0/s1.